The molecule has 7 nitrogen and oxygen atoms in total. The Morgan fingerprint density at radius 3 is 2.56 bits per heavy atom. The summed E-state index contributed by atoms with van der Waals surface area (Å²) >= 11 is 0. The SMILES string of the molecule is CCN(Cc1cnc(S(=O)(=O)Cc2ccccc2)n1CCOC)C(=O)c1cccc(F)c1. The first kappa shape index (κ1) is 23.6. The molecule has 0 aliphatic rings. The van der Waals surface area contributed by atoms with Crippen molar-refractivity contribution in [3.05, 3.63) is 83.4 Å². The van der Waals surface area contributed by atoms with Crippen LogP contribution in [0.3, 0.4) is 0 Å². The fourth-order valence-corrected chi connectivity index (χ4v) is 4.89. The first-order valence-corrected chi connectivity index (χ1v) is 11.9. The van der Waals surface area contributed by atoms with Gasteiger partial charge in [-0.1, -0.05) is 36.4 Å². The van der Waals surface area contributed by atoms with Gasteiger partial charge in [0.05, 0.1) is 30.8 Å². The Kier molecular flexibility index (Phi) is 7.76. The molecule has 0 fully saturated rings. The van der Waals surface area contributed by atoms with E-state index in [4.69, 9.17) is 4.74 Å². The highest BCUT2D eigenvalue weighted by molar-refractivity contribution is 7.90. The molecule has 9 heteroatoms. The molecule has 3 aromatic rings. The Balaban J connectivity index is 1.90. The highest BCUT2D eigenvalue weighted by atomic mass is 32.2. The Morgan fingerprint density at radius 2 is 1.91 bits per heavy atom. The van der Waals surface area contributed by atoms with Crippen LogP contribution in [0.5, 0.6) is 0 Å². The number of ether oxygens (including phenoxy) is 1. The summed E-state index contributed by atoms with van der Waals surface area (Å²) in [6.45, 7) is 2.84. The summed E-state index contributed by atoms with van der Waals surface area (Å²) in [5.74, 6) is -1.02. The second-order valence-electron chi connectivity index (χ2n) is 7.25. The molecular formula is C23H26FN3O4S. The molecule has 0 spiro atoms. The summed E-state index contributed by atoms with van der Waals surface area (Å²) in [5, 5.41) is -0.0670. The zero-order valence-electron chi connectivity index (χ0n) is 18.1. The van der Waals surface area contributed by atoms with Gasteiger partial charge in [0, 0.05) is 25.8 Å². The van der Waals surface area contributed by atoms with Gasteiger partial charge < -0.3 is 14.2 Å². The molecule has 3 rings (SSSR count). The van der Waals surface area contributed by atoms with E-state index in [9.17, 15) is 17.6 Å². The van der Waals surface area contributed by atoms with Gasteiger partial charge in [0.2, 0.25) is 15.0 Å². The van der Waals surface area contributed by atoms with Crippen LogP contribution < -0.4 is 0 Å². The van der Waals surface area contributed by atoms with Crippen molar-refractivity contribution in [3.8, 4) is 0 Å². The predicted molar refractivity (Wildman–Crippen MR) is 118 cm³/mol. The summed E-state index contributed by atoms with van der Waals surface area (Å²) < 4.78 is 46.5. The normalized spacial score (nSPS) is 11.5. The third-order valence-corrected chi connectivity index (χ3v) is 6.59. The van der Waals surface area contributed by atoms with Gasteiger partial charge >= 0.3 is 0 Å². The number of amides is 1. The number of aromatic nitrogens is 2. The van der Waals surface area contributed by atoms with E-state index >= 15 is 0 Å². The Labute approximate surface area is 187 Å². The van der Waals surface area contributed by atoms with Gasteiger partial charge in [-0.05, 0) is 30.7 Å². The zero-order valence-corrected chi connectivity index (χ0v) is 18.9. The molecule has 0 unspecified atom stereocenters. The van der Waals surface area contributed by atoms with Crippen LogP contribution in [0, 0.1) is 5.82 Å². The van der Waals surface area contributed by atoms with Crippen molar-refractivity contribution >= 4 is 15.7 Å². The van der Waals surface area contributed by atoms with Crippen molar-refractivity contribution in [2.45, 2.75) is 30.9 Å². The number of rotatable bonds is 10. The molecule has 0 aliphatic carbocycles. The number of hydrogen-bond donors (Lipinski definition) is 0. The number of nitrogens with zero attached hydrogens (tertiary/aromatic N) is 3. The van der Waals surface area contributed by atoms with Gasteiger partial charge in [0.25, 0.3) is 5.91 Å². The summed E-state index contributed by atoms with van der Waals surface area (Å²) in [6.07, 6.45) is 1.47. The number of imidazole rings is 1. The van der Waals surface area contributed by atoms with E-state index < -0.39 is 15.7 Å². The van der Waals surface area contributed by atoms with E-state index in [1.165, 1.54) is 36.4 Å². The fourth-order valence-electron chi connectivity index (χ4n) is 3.37. The van der Waals surface area contributed by atoms with Gasteiger partial charge in [-0.3, -0.25) is 4.79 Å². The molecule has 1 heterocycles. The van der Waals surface area contributed by atoms with Crippen molar-refractivity contribution < 1.29 is 22.3 Å². The van der Waals surface area contributed by atoms with Crippen molar-refractivity contribution in [2.24, 2.45) is 0 Å². The number of benzene rings is 2. The first-order valence-electron chi connectivity index (χ1n) is 10.2. The Bertz CT molecular complexity index is 1160. The summed E-state index contributed by atoms with van der Waals surface area (Å²) in [6, 6.07) is 14.4. The smallest absolute Gasteiger partial charge is 0.254 e. The second-order valence-corrected chi connectivity index (χ2v) is 9.13. The van der Waals surface area contributed by atoms with Crippen LogP contribution in [0.2, 0.25) is 0 Å². The van der Waals surface area contributed by atoms with Crippen molar-refractivity contribution in [1.82, 2.24) is 14.5 Å². The third-order valence-electron chi connectivity index (χ3n) is 4.99. The number of methoxy groups -OCH3 is 1. The summed E-state index contributed by atoms with van der Waals surface area (Å²) in [5.41, 5.74) is 1.44. The first-order chi connectivity index (χ1) is 15.4. The molecule has 0 saturated heterocycles. The average molecular weight is 460 g/mol. The lowest BCUT2D eigenvalue weighted by molar-refractivity contribution is 0.0747. The van der Waals surface area contributed by atoms with Crippen molar-refractivity contribution in [3.63, 3.8) is 0 Å². The fraction of sp³-hybridized carbons (Fsp3) is 0.304. The molecular weight excluding hydrogens is 433 g/mol. The van der Waals surface area contributed by atoms with Crippen LogP contribution in [0.1, 0.15) is 28.5 Å². The molecule has 1 amide bonds. The number of sulfone groups is 1. The van der Waals surface area contributed by atoms with Gasteiger partial charge in [0.15, 0.2) is 0 Å². The number of hydrogen-bond acceptors (Lipinski definition) is 5. The molecule has 2 aromatic carbocycles. The average Bonchev–Trinajstić information content (AvgIpc) is 3.19. The number of carbonyl (C=O) groups is 1. The predicted octanol–water partition coefficient (Wildman–Crippen LogP) is 3.30. The Hall–Kier alpha value is -3.04. The van der Waals surface area contributed by atoms with E-state index in [-0.39, 0.29) is 42.1 Å². The van der Waals surface area contributed by atoms with Crippen LogP contribution in [-0.4, -0.2) is 49.0 Å². The number of carbonyl (C=O) groups excluding carboxylic acids is 1. The van der Waals surface area contributed by atoms with Gasteiger partial charge in [-0.15, -0.1) is 0 Å². The Morgan fingerprint density at radius 1 is 1.16 bits per heavy atom. The summed E-state index contributed by atoms with van der Waals surface area (Å²) in [7, 11) is -2.20. The van der Waals surface area contributed by atoms with Crippen LogP contribution >= 0.6 is 0 Å². The number of halogens is 1. The highest BCUT2D eigenvalue weighted by Gasteiger charge is 2.25. The largest absolute Gasteiger partial charge is 0.383 e. The molecule has 0 aliphatic heterocycles. The van der Waals surface area contributed by atoms with Crippen molar-refractivity contribution in [1.29, 1.82) is 0 Å². The van der Waals surface area contributed by atoms with E-state index in [0.29, 0.717) is 17.8 Å². The maximum absolute atomic E-state index is 13.6. The van der Waals surface area contributed by atoms with Gasteiger partial charge in [0.1, 0.15) is 5.82 Å². The quantitative estimate of drug-likeness (QED) is 0.465. The minimum Gasteiger partial charge on any atom is -0.383 e. The molecule has 1 aromatic heterocycles. The van der Waals surface area contributed by atoms with E-state index in [1.54, 1.807) is 41.8 Å². The molecule has 0 radical (unpaired) electrons. The maximum Gasteiger partial charge on any atom is 0.254 e. The molecule has 170 valence electrons. The molecule has 0 saturated carbocycles. The van der Waals surface area contributed by atoms with Crippen LogP contribution in [0.4, 0.5) is 4.39 Å². The lowest BCUT2D eigenvalue weighted by atomic mass is 10.2. The zero-order chi connectivity index (χ0) is 23.1. The van der Waals surface area contributed by atoms with Crippen molar-refractivity contribution in [2.75, 3.05) is 20.3 Å². The topological polar surface area (TPSA) is 81.5 Å². The van der Waals surface area contributed by atoms with Crippen LogP contribution in [0.15, 0.2) is 66.0 Å². The van der Waals surface area contributed by atoms with Gasteiger partial charge in [-0.2, -0.15) is 0 Å². The minimum absolute atomic E-state index is 0.0670. The lowest BCUT2D eigenvalue weighted by Crippen LogP contribution is -2.31. The monoisotopic (exact) mass is 459 g/mol. The third kappa shape index (κ3) is 5.60. The van der Waals surface area contributed by atoms with Crippen LogP contribution in [-0.2, 0) is 33.4 Å². The lowest BCUT2D eigenvalue weighted by Gasteiger charge is -2.22. The molecule has 32 heavy (non-hydrogen) atoms. The second kappa shape index (κ2) is 10.5. The highest BCUT2D eigenvalue weighted by Crippen LogP contribution is 2.19. The molecule has 0 atom stereocenters. The minimum atomic E-state index is -3.73. The van der Waals surface area contributed by atoms with E-state index in [0.717, 1.165) is 0 Å². The molecule has 0 N–H and O–H groups in total. The summed E-state index contributed by atoms with van der Waals surface area (Å²) in [4.78, 5) is 18.6. The van der Waals surface area contributed by atoms with E-state index in [2.05, 4.69) is 4.98 Å². The standard InChI is InChI=1S/C23H26FN3O4S/c1-3-26(22(28)19-10-7-11-20(24)14-19)16-21-15-25-23(27(21)12-13-31-2)32(29,30)17-18-8-5-4-6-9-18/h4-11,14-15H,3,12-13,16-17H2,1-2H3. The molecule has 0 bridgehead atoms. The van der Waals surface area contributed by atoms with E-state index in [1.807, 2.05) is 6.07 Å². The van der Waals surface area contributed by atoms with Crippen LogP contribution in [0.25, 0.3) is 0 Å². The van der Waals surface area contributed by atoms with Gasteiger partial charge in [-0.25, -0.2) is 17.8 Å². The maximum atomic E-state index is 13.6.